The maximum absolute atomic E-state index is 5.04. The average molecular weight is 420 g/mol. The molecule has 2 aromatic heterocycles. The van der Waals surface area contributed by atoms with Crippen LogP contribution >= 0.6 is 0 Å². The minimum Gasteiger partial charge on any atom is -0.326 e. The van der Waals surface area contributed by atoms with Crippen LogP contribution in [0.1, 0.15) is 17.2 Å². The molecule has 0 aliphatic heterocycles. The van der Waals surface area contributed by atoms with Crippen molar-refractivity contribution in [2.24, 2.45) is 19.1 Å². The van der Waals surface area contributed by atoms with E-state index >= 15 is 0 Å². The van der Waals surface area contributed by atoms with E-state index in [0.717, 1.165) is 50.6 Å². The molecule has 0 N–H and O–H groups in total. The van der Waals surface area contributed by atoms with Crippen molar-refractivity contribution in [1.29, 1.82) is 0 Å². The zero-order valence-corrected chi connectivity index (χ0v) is 18.7. The zero-order valence-electron chi connectivity index (χ0n) is 18.7. The molecule has 2 heterocycles. The molecule has 0 saturated heterocycles. The van der Waals surface area contributed by atoms with Gasteiger partial charge in [-0.1, -0.05) is 72.8 Å². The highest BCUT2D eigenvalue weighted by Gasteiger charge is 2.17. The van der Waals surface area contributed by atoms with E-state index in [1.165, 1.54) is 5.56 Å². The molecule has 0 saturated carbocycles. The number of hydrogen-bond acceptors (Lipinski definition) is 3. The van der Waals surface area contributed by atoms with Crippen LogP contribution in [0.4, 0.5) is 5.69 Å². The van der Waals surface area contributed by atoms with Gasteiger partial charge in [-0.25, -0.2) is 9.98 Å². The molecule has 0 bridgehead atoms. The first-order valence-corrected chi connectivity index (χ1v) is 10.7. The van der Waals surface area contributed by atoms with Gasteiger partial charge in [-0.3, -0.25) is 4.68 Å². The monoisotopic (exact) mass is 419 g/mol. The smallest absolute Gasteiger partial charge is 0.152 e. The van der Waals surface area contributed by atoms with Gasteiger partial charge in [0.15, 0.2) is 5.82 Å². The second-order valence-electron chi connectivity index (χ2n) is 8.02. The Hall–Kier alpha value is -3.99. The van der Waals surface area contributed by atoms with Crippen LogP contribution in [0.15, 0.2) is 77.8 Å². The van der Waals surface area contributed by atoms with Crippen molar-refractivity contribution in [3.63, 3.8) is 0 Å². The Bertz CT molecular complexity index is 1440. The number of nitrogens with zero attached hydrogens (tertiary/aromatic N) is 5. The van der Waals surface area contributed by atoms with Crippen molar-refractivity contribution < 1.29 is 0 Å². The van der Waals surface area contributed by atoms with Gasteiger partial charge in [0.1, 0.15) is 5.69 Å². The normalized spacial score (nSPS) is 11.6. The Morgan fingerprint density at radius 2 is 1.38 bits per heavy atom. The third-order valence-electron chi connectivity index (χ3n) is 6.01. The van der Waals surface area contributed by atoms with Gasteiger partial charge in [-0.2, -0.15) is 5.10 Å². The molecular weight excluding hydrogens is 394 g/mol. The number of rotatable bonds is 4. The molecule has 5 rings (SSSR count). The number of aliphatic imine (C=N–C) groups is 1. The molecule has 5 aromatic rings. The highest BCUT2D eigenvalue weighted by molar-refractivity contribution is 6.03. The highest BCUT2D eigenvalue weighted by Crippen LogP contribution is 2.35. The van der Waals surface area contributed by atoms with Gasteiger partial charge < -0.3 is 4.57 Å². The molecule has 3 aromatic carbocycles. The Labute approximate surface area is 187 Å². The predicted octanol–water partition coefficient (Wildman–Crippen LogP) is 6.01. The van der Waals surface area contributed by atoms with E-state index in [4.69, 9.17) is 9.98 Å². The lowest BCUT2D eigenvalue weighted by Crippen LogP contribution is -1.97. The zero-order chi connectivity index (χ0) is 22.2. The summed E-state index contributed by atoms with van der Waals surface area (Å²) in [5.74, 6) is 0.809. The summed E-state index contributed by atoms with van der Waals surface area (Å²) in [6.45, 7) is 4.01. The number of hydrogen-bond donors (Lipinski definition) is 0. The third-order valence-corrected chi connectivity index (χ3v) is 6.01. The summed E-state index contributed by atoms with van der Waals surface area (Å²) in [5.41, 5.74) is 9.50. The van der Waals surface area contributed by atoms with Crippen molar-refractivity contribution >= 4 is 22.9 Å². The number of fused-ring (bicyclic) bond motifs is 1. The fraction of sp³-hybridized carbons (Fsp3) is 0.148. The Morgan fingerprint density at radius 3 is 1.97 bits per heavy atom. The lowest BCUT2D eigenvalue weighted by molar-refractivity contribution is 0.731. The molecule has 0 atom stereocenters. The largest absolute Gasteiger partial charge is 0.326 e. The Kier molecular flexibility index (Phi) is 4.94. The van der Waals surface area contributed by atoms with E-state index in [0.29, 0.717) is 0 Å². The van der Waals surface area contributed by atoms with Gasteiger partial charge in [0.05, 0.1) is 28.6 Å². The van der Waals surface area contributed by atoms with Crippen LogP contribution in [0.2, 0.25) is 0 Å². The highest BCUT2D eigenvalue weighted by atomic mass is 15.3. The summed E-state index contributed by atoms with van der Waals surface area (Å²) >= 11 is 0. The summed E-state index contributed by atoms with van der Waals surface area (Å²) in [7, 11) is 4.00. The van der Waals surface area contributed by atoms with Crippen LogP contribution in [0.25, 0.3) is 33.3 Å². The van der Waals surface area contributed by atoms with E-state index in [2.05, 4.69) is 77.4 Å². The maximum Gasteiger partial charge on any atom is 0.152 e. The summed E-state index contributed by atoms with van der Waals surface area (Å²) in [4.78, 5) is 9.81. The van der Waals surface area contributed by atoms with Gasteiger partial charge in [0.2, 0.25) is 0 Å². The molecule has 0 aliphatic carbocycles. The Morgan fingerprint density at radius 1 is 0.781 bits per heavy atom. The van der Waals surface area contributed by atoms with Crippen molar-refractivity contribution in [2.45, 2.75) is 13.8 Å². The van der Waals surface area contributed by atoms with Crippen LogP contribution in [0, 0.1) is 13.8 Å². The molecule has 158 valence electrons. The molecule has 0 aliphatic rings. The van der Waals surface area contributed by atoms with Gasteiger partial charge in [-0.15, -0.1) is 0 Å². The first-order valence-electron chi connectivity index (χ1n) is 10.7. The van der Waals surface area contributed by atoms with E-state index in [1.54, 1.807) is 0 Å². The minimum atomic E-state index is 0.809. The molecule has 0 amide bonds. The van der Waals surface area contributed by atoms with Crippen LogP contribution in [0.5, 0.6) is 0 Å². The van der Waals surface area contributed by atoms with Gasteiger partial charge in [0.25, 0.3) is 0 Å². The first-order chi connectivity index (χ1) is 15.5. The average Bonchev–Trinajstić information content (AvgIpc) is 3.28. The van der Waals surface area contributed by atoms with Crippen molar-refractivity contribution in [2.75, 3.05) is 0 Å². The van der Waals surface area contributed by atoms with E-state index in [-0.39, 0.29) is 0 Å². The number of benzene rings is 3. The van der Waals surface area contributed by atoms with Gasteiger partial charge in [0, 0.05) is 25.2 Å². The topological polar surface area (TPSA) is 48.0 Å². The lowest BCUT2D eigenvalue weighted by atomic mass is 9.98. The fourth-order valence-corrected chi connectivity index (χ4v) is 4.22. The van der Waals surface area contributed by atoms with Crippen LogP contribution in [0.3, 0.4) is 0 Å². The first kappa shape index (κ1) is 19.9. The second kappa shape index (κ2) is 7.93. The molecule has 0 unspecified atom stereocenters. The molecule has 5 nitrogen and oxygen atoms in total. The number of aryl methyl sites for hydroxylation is 3. The van der Waals surface area contributed by atoms with Crippen molar-refractivity contribution in [1.82, 2.24) is 19.3 Å². The van der Waals surface area contributed by atoms with Gasteiger partial charge in [-0.05, 0) is 25.0 Å². The van der Waals surface area contributed by atoms with Crippen molar-refractivity contribution in [3.8, 4) is 22.3 Å². The van der Waals surface area contributed by atoms with E-state index in [1.807, 2.05) is 43.9 Å². The summed E-state index contributed by atoms with van der Waals surface area (Å²) in [5, 5.41) is 4.47. The molecule has 0 fully saturated rings. The minimum absolute atomic E-state index is 0.809. The fourth-order valence-electron chi connectivity index (χ4n) is 4.22. The Balaban J connectivity index is 1.73. The van der Waals surface area contributed by atoms with E-state index in [9.17, 15) is 0 Å². The van der Waals surface area contributed by atoms with Gasteiger partial charge >= 0.3 is 0 Å². The molecule has 0 spiro atoms. The SMILES string of the molecule is Cc1nn(C)c(C)c1N=Cc1nc2c(-c3ccccc3)ccc(-c3ccccc3)c2n1C. The number of aromatic nitrogens is 4. The predicted molar refractivity (Wildman–Crippen MR) is 132 cm³/mol. The van der Waals surface area contributed by atoms with Crippen LogP contribution in [-0.2, 0) is 14.1 Å². The number of imidazole rings is 1. The van der Waals surface area contributed by atoms with Crippen LogP contribution < -0.4 is 0 Å². The molecule has 0 radical (unpaired) electrons. The summed E-state index contributed by atoms with van der Waals surface area (Å²) in [6, 6.07) is 25.2. The summed E-state index contributed by atoms with van der Waals surface area (Å²) in [6.07, 6.45) is 1.85. The van der Waals surface area contributed by atoms with Crippen LogP contribution in [-0.4, -0.2) is 25.5 Å². The quantitative estimate of drug-likeness (QED) is 0.335. The molecule has 5 heteroatoms. The molecule has 32 heavy (non-hydrogen) atoms. The lowest BCUT2D eigenvalue weighted by Gasteiger charge is -2.09. The molecular formula is C27H25N5. The standard InChI is InChI=1S/C27H25N5/c1-18-25(19(2)32(4)30-18)28-17-24-29-26-22(20-11-7-5-8-12-20)15-16-23(27(26)31(24)3)21-13-9-6-10-14-21/h5-17H,1-4H3. The second-order valence-corrected chi connectivity index (χ2v) is 8.02. The van der Waals surface area contributed by atoms with Crippen molar-refractivity contribution in [3.05, 3.63) is 90.0 Å². The van der Waals surface area contributed by atoms with E-state index < -0.39 is 0 Å². The maximum atomic E-state index is 5.04. The summed E-state index contributed by atoms with van der Waals surface area (Å²) < 4.78 is 3.99. The third kappa shape index (κ3) is 3.32.